The fourth-order valence-corrected chi connectivity index (χ4v) is 4.18. The van der Waals surface area contributed by atoms with E-state index >= 15 is 0 Å². The van der Waals surface area contributed by atoms with E-state index in [0.717, 1.165) is 34.3 Å². The highest BCUT2D eigenvalue weighted by Gasteiger charge is 2.31. The lowest BCUT2D eigenvalue weighted by atomic mass is 9.85. The third-order valence-electron chi connectivity index (χ3n) is 5.12. The molecular weight excluding hydrogens is 336 g/mol. The molecule has 0 atom stereocenters. The molecule has 1 amide bonds. The Morgan fingerprint density at radius 3 is 3.08 bits per heavy atom. The number of rotatable bonds is 3. The Kier molecular flexibility index (Phi) is 3.48. The van der Waals surface area contributed by atoms with E-state index in [2.05, 4.69) is 15.2 Å². The first kappa shape index (κ1) is 14.9. The van der Waals surface area contributed by atoms with Gasteiger partial charge in [0.25, 0.3) is 5.91 Å². The largest absolute Gasteiger partial charge is 0.445 e. The molecule has 3 aromatic heterocycles. The summed E-state index contributed by atoms with van der Waals surface area (Å²) >= 11 is 1.59. The molecule has 25 heavy (non-hydrogen) atoms. The number of aromatic amines is 1. The van der Waals surface area contributed by atoms with Crippen LogP contribution in [0.15, 0.2) is 28.1 Å². The Bertz CT molecular complexity index is 908. The molecule has 1 saturated carbocycles. The molecule has 4 heterocycles. The average molecular weight is 354 g/mol. The van der Waals surface area contributed by atoms with E-state index in [0.29, 0.717) is 24.6 Å². The lowest BCUT2D eigenvalue weighted by Gasteiger charge is -2.25. The molecule has 1 aliphatic carbocycles. The normalized spacial score (nSPS) is 17.4. The number of amides is 1. The fourth-order valence-electron chi connectivity index (χ4n) is 3.45. The highest BCUT2D eigenvalue weighted by atomic mass is 32.1. The van der Waals surface area contributed by atoms with Gasteiger partial charge in [0.2, 0.25) is 0 Å². The van der Waals surface area contributed by atoms with Crippen molar-refractivity contribution in [2.45, 2.75) is 38.1 Å². The minimum atomic E-state index is -0.00371. The van der Waals surface area contributed by atoms with E-state index in [9.17, 15) is 4.79 Å². The van der Waals surface area contributed by atoms with E-state index in [1.165, 1.54) is 19.3 Å². The quantitative estimate of drug-likeness (QED) is 0.780. The van der Waals surface area contributed by atoms with Crippen molar-refractivity contribution in [1.82, 2.24) is 20.1 Å². The van der Waals surface area contributed by atoms with Crippen LogP contribution < -0.4 is 0 Å². The molecule has 0 saturated heterocycles. The minimum Gasteiger partial charge on any atom is -0.445 e. The molecule has 0 bridgehead atoms. The summed E-state index contributed by atoms with van der Waals surface area (Å²) in [6.45, 7) is 1.17. The first-order chi connectivity index (χ1) is 12.3. The number of oxazole rings is 1. The number of hydrogen-bond acceptors (Lipinski definition) is 5. The number of thiophene rings is 1. The number of hydrogen-bond donors (Lipinski definition) is 1. The summed E-state index contributed by atoms with van der Waals surface area (Å²) in [7, 11) is 0. The van der Waals surface area contributed by atoms with Crippen LogP contribution in [0.4, 0.5) is 0 Å². The van der Waals surface area contributed by atoms with Gasteiger partial charge in [-0.2, -0.15) is 5.10 Å². The van der Waals surface area contributed by atoms with Gasteiger partial charge >= 0.3 is 0 Å². The second-order valence-corrected chi connectivity index (χ2v) is 7.61. The summed E-state index contributed by atoms with van der Waals surface area (Å²) < 4.78 is 5.95. The van der Waals surface area contributed by atoms with Gasteiger partial charge in [-0.05, 0) is 24.3 Å². The Balaban J connectivity index is 1.39. The van der Waals surface area contributed by atoms with E-state index in [1.54, 1.807) is 17.5 Å². The first-order valence-corrected chi connectivity index (χ1v) is 9.52. The van der Waals surface area contributed by atoms with Crippen molar-refractivity contribution >= 4 is 17.2 Å². The predicted octanol–water partition coefficient (Wildman–Crippen LogP) is 3.59. The maximum atomic E-state index is 13.0. The molecule has 6 nitrogen and oxygen atoms in total. The van der Waals surface area contributed by atoms with E-state index in [-0.39, 0.29) is 5.91 Å². The molecule has 1 aliphatic heterocycles. The van der Waals surface area contributed by atoms with Gasteiger partial charge < -0.3 is 9.32 Å². The number of carbonyl (C=O) groups excluding carboxylic acids is 1. The molecule has 3 aromatic rings. The van der Waals surface area contributed by atoms with Gasteiger partial charge in [-0.3, -0.25) is 9.89 Å². The summed E-state index contributed by atoms with van der Waals surface area (Å²) in [6.07, 6.45) is 5.94. The van der Waals surface area contributed by atoms with E-state index in [1.807, 2.05) is 22.4 Å². The van der Waals surface area contributed by atoms with Gasteiger partial charge in [0.15, 0.2) is 5.89 Å². The number of nitrogens with one attached hydrogen (secondary N) is 1. The van der Waals surface area contributed by atoms with Crippen LogP contribution in [0.25, 0.3) is 10.6 Å². The van der Waals surface area contributed by atoms with E-state index in [4.69, 9.17) is 4.42 Å². The van der Waals surface area contributed by atoms with Gasteiger partial charge in [-0.15, -0.1) is 11.3 Å². The number of fused-ring (bicyclic) bond motifs is 1. The number of aromatic nitrogens is 3. The summed E-state index contributed by atoms with van der Waals surface area (Å²) in [4.78, 5) is 20.5. The molecule has 0 spiro atoms. The third kappa shape index (κ3) is 2.50. The predicted molar refractivity (Wildman–Crippen MR) is 93.4 cm³/mol. The topological polar surface area (TPSA) is 75.0 Å². The van der Waals surface area contributed by atoms with Crippen molar-refractivity contribution in [3.05, 3.63) is 46.6 Å². The second kappa shape index (κ2) is 5.84. The van der Waals surface area contributed by atoms with Crippen LogP contribution in [-0.4, -0.2) is 32.5 Å². The van der Waals surface area contributed by atoms with Gasteiger partial charge in [0, 0.05) is 18.9 Å². The zero-order chi connectivity index (χ0) is 16.8. The summed E-state index contributed by atoms with van der Waals surface area (Å²) in [5.74, 6) is 2.30. The summed E-state index contributed by atoms with van der Waals surface area (Å²) in [5, 5.41) is 9.04. The zero-order valence-corrected chi connectivity index (χ0v) is 14.5. The molecule has 128 valence electrons. The van der Waals surface area contributed by atoms with Crippen molar-refractivity contribution in [2.24, 2.45) is 0 Å². The van der Waals surface area contributed by atoms with Crippen LogP contribution in [0.1, 0.15) is 52.9 Å². The molecule has 1 N–H and O–H groups in total. The molecule has 0 radical (unpaired) electrons. The smallest absolute Gasteiger partial charge is 0.258 e. The maximum absolute atomic E-state index is 13.0. The number of carbonyl (C=O) groups is 1. The molecule has 5 rings (SSSR count). The highest BCUT2D eigenvalue weighted by Crippen LogP contribution is 2.37. The van der Waals surface area contributed by atoms with Crippen LogP contribution in [-0.2, 0) is 13.0 Å². The van der Waals surface area contributed by atoms with E-state index < -0.39 is 0 Å². The lowest BCUT2D eigenvalue weighted by Crippen LogP contribution is -2.35. The molecule has 0 aromatic carbocycles. The monoisotopic (exact) mass is 354 g/mol. The van der Waals surface area contributed by atoms with Crippen molar-refractivity contribution in [2.75, 3.05) is 6.54 Å². The van der Waals surface area contributed by atoms with Crippen molar-refractivity contribution in [1.29, 1.82) is 0 Å². The van der Waals surface area contributed by atoms with Gasteiger partial charge in [0.1, 0.15) is 11.5 Å². The Labute approximate surface area is 148 Å². The number of H-pyrrole nitrogens is 1. The van der Waals surface area contributed by atoms with Crippen molar-refractivity contribution in [3.8, 4) is 10.6 Å². The Hall–Kier alpha value is -2.41. The lowest BCUT2D eigenvalue weighted by molar-refractivity contribution is 0.0728. The SMILES string of the molecule is O=C(c1cn[nH]c1-c1cccs1)N1CCc2oc(C3CCC3)nc2C1. The van der Waals surface area contributed by atoms with Gasteiger partial charge in [0.05, 0.1) is 28.9 Å². The van der Waals surface area contributed by atoms with Crippen molar-refractivity contribution < 1.29 is 9.21 Å². The fraction of sp³-hybridized carbons (Fsp3) is 0.389. The maximum Gasteiger partial charge on any atom is 0.258 e. The molecule has 1 fully saturated rings. The zero-order valence-electron chi connectivity index (χ0n) is 13.7. The molecule has 7 heteroatoms. The number of nitrogens with zero attached hydrogens (tertiary/aromatic N) is 3. The average Bonchev–Trinajstić information content (AvgIpc) is 3.30. The Morgan fingerprint density at radius 1 is 1.40 bits per heavy atom. The highest BCUT2D eigenvalue weighted by molar-refractivity contribution is 7.13. The second-order valence-electron chi connectivity index (χ2n) is 6.66. The van der Waals surface area contributed by atoms with Crippen LogP contribution in [0.2, 0.25) is 0 Å². The minimum absolute atomic E-state index is 0.00371. The summed E-state index contributed by atoms with van der Waals surface area (Å²) in [5.41, 5.74) is 2.33. The van der Waals surface area contributed by atoms with Gasteiger partial charge in [-0.1, -0.05) is 12.5 Å². The van der Waals surface area contributed by atoms with Crippen molar-refractivity contribution in [3.63, 3.8) is 0 Å². The van der Waals surface area contributed by atoms with Gasteiger partial charge in [-0.25, -0.2) is 4.98 Å². The standard InChI is InChI=1S/C18H18N4O2S/c23-18(12-9-19-21-16(12)15-5-2-8-25-15)22-7-6-14-13(10-22)20-17(24-14)11-3-1-4-11/h2,5,8-9,11H,1,3-4,6-7,10H2,(H,19,21). The molecular formula is C18H18N4O2S. The van der Waals surface area contributed by atoms with Crippen LogP contribution in [0.3, 0.4) is 0 Å². The van der Waals surface area contributed by atoms with Crippen LogP contribution in [0, 0.1) is 0 Å². The van der Waals surface area contributed by atoms with Crippen LogP contribution >= 0.6 is 11.3 Å². The van der Waals surface area contributed by atoms with Crippen LogP contribution in [0.5, 0.6) is 0 Å². The Morgan fingerprint density at radius 2 is 2.32 bits per heavy atom. The summed E-state index contributed by atoms with van der Waals surface area (Å²) in [6, 6.07) is 3.96. The first-order valence-electron chi connectivity index (χ1n) is 8.64. The molecule has 0 unspecified atom stereocenters. The third-order valence-corrected chi connectivity index (χ3v) is 6.01. The molecule has 2 aliphatic rings.